The van der Waals surface area contributed by atoms with Crippen molar-refractivity contribution < 1.29 is 9.18 Å². The van der Waals surface area contributed by atoms with Gasteiger partial charge in [0.1, 0.15) is 5.82 Å². The van der Waals surface area contributed by atoms with Crippen LogP contribution in [-0.2, 0) is 11.2 Å². The van der Waals surface area contributed by atoms with E-state index in [-0.39, 0.29) is 17.8 Å². The number of nitrogens with two attached hydrogens (primary N) is 1. The zero-order valence-corrected chi connectivity index (χ0v) is 15.6. The normalized spacial score (nSPS) is 12.2. The molecule has 0 spiro atoms. The largest absolute Gasteiger partial charge is 0.338 e. The lowest BCUT2D eigenvalue weighted by Gasteiger charge is -2.29. The molecule has 1 unspecified atom stereocenters. The first-order chi connectivity index (χ1) is 12.5. The first-order valence-electron chi connectivity index (χ1n) is 8.98. The van der Waals surface area contributed by atoms with Gasteiger partial charge in [0.15, 0.2) is 0 Å². The molecule has 0 aliphatic rings. The molecule has 0 saturated heterocycles. The fourth-order valence-corrected chi connectivity index (χ4v) is 2.87. The van der Waals surface area contributed by atoms with E-state index in [2.05, 4.69) is 17.0 Å². The second-order valence-corrected chi connectivity index (χ2v) is 6.53. The summed E-state index contributed by atoms with van der Waals surface area (Å²) in [5, 5.41) is 0. The van der Waals surface area contributed by atoms with Crippen molar-refractivity contribution in [1.29, 1.82) is 0 Å². The molecule has 4 nitrogen and oxygen atoms in total. The van der Waals surface area contributed by atoms with Crippen molar-refractivity contribution in [3.8, 4) is 0 Å². The van der Waals surface area contributed by atoms with Crippen LogP contribution in [0.2, 0.25) is 0 Å². The van der Waals surface area contributed by atoms with Crippen molar-refractivity contribution >= 4 is 5.91 Å². The van der Waals surface area contributed by atoms with E-state index >= 15 is 0 Å². The second kappa shape index (κ2) is 10.0. The monoisotopic (exact) mass is 357 g/mol. The minimum atomic E-state index is -0.273. The molecular formula is C21H28FN3O. The fraction of sp³-hybridized carbons (Fsp3) is 0.381. The molecule has 0 bridgehead atoms. The second-order valence-electron chi connectivity index (χ2n) is 6.53. The molecule has 0 aliphatic carbocycles. The smallest absolute Gasteiger partial charge is 0.236 e. The van der Waals surface area contributed by atoms with Gasteiger partial charge in [0, 0.05) is 26.7 Å². The van der Waals surface area contributed by atoms with Crippen molar-refractivity contribution in [1.82, 2.24) is 9.80 Å². The summed E-state index contributed by atoms with van der Waals surface area (Å²) in [5.41, 5.74) is 7.87. The number of rotatable bonds is 9. The molecule has 0 fully saturated rings. The van der Waals surface area contributed by atoms with E-state index in [9.17, 15) is 9.18 Å². The Morgan fingerprint density at radius 3 is 2.35 bits per heavy atom. The zero-order chi connectivity index (χ0) is 18.9. The summed E-state index contributed by atoms with van der Waals surface area (Å²) in [7, 11) is 1.79. The lowest BCUT2D eigenvalue weighted by Crippen LogP contribution is -2.42. The number of likely N-dealkylation sites (N-methyl/N-ethyl adjacent to an activating group) is 1. The van der Waals surface area contributed by atoms with Crippen LogP contribution in [-0.4, -0.2) is 48.9 Å². The molecule has 140 valence electrons. The number of carbonyl (C=O) groups excluding carboxylic acids is 1. The minimum Gasteiger partial charge on any atom is -0.338 e. The van der Waals surface area contributed by atoms with E-state index in [1.165, 1.54) is 17.7 Å². The molecule has 0 aromatic heterocycles. The summed E-state index contributed by atoms with van der Waals surface area (Å²) in [6.45, 7) is 4.25. The van der Waals surface area contributed by atoms with Crippen LogP contribution in [0.3, 0.4) is 0 Å². The summed E-state index contributed by atoms with van der Waals surface area (Å²) in [4.78, 5) is 16.5. The van der Waals surface area contributed by atoms with E-state index < -0.39 is 0 Å². The number of hydrogen-bond acceptors (Lipinski definition) is 3. The third kappa shape index (κ3) is 5.93. The average molecular weight is 357 g/mol. The molecule has 2 aromatic carbocycles. The van der Waals surface area contributed by atoms with Crippen LogP contribution >= 0.6 is 0 Å². The molecule has 26 heavy (non-hydrogen) atoms. The Hall–Kier alpha value is -2.24. The van der Waals surface area contributed by atoms with E-state index in [0.717, 1.165) is 18.5 Å². The lowest BCUT2D eigenvalue weighted by atomic mass is 10.1. The van der Waals surface area contributed by atoms with Gasteiger partial charge in [0.05, 0.1) is 12.6 Å². The Labute approximate surface area is 155 Å². The molecule has 2 rings (SSSR count). The third-order valence-electron chi connectivity index (χ3n) is 4.69. The van der Waals surface area contributed by atoms with Gasteiger partial charge >= 0.3 is 0 Å². The molecule has 0 radical (unpaired) electrons. The number of benzene rings is 2. The van der Waals surface area contributed by atoms with Crippen LogP contribution in [0.1, 0.15) is 24.1 Å². The molecule has 0 aliphatic heterocycles. The summed E-state index contributed by atoms with van der Waals surface area (Å²) < 4.78 is 13.1. The Bertz CT molecular complexity index is 675. The fourth-order valence-electron chi connectivity index (χ4n) is 2.87. The molecule has 2 N–H and O–H groups in total. The van der Waals surface area contributed by atoms with Crippen molar-refractivity contribution in [3.05, 3.63) is 71.5 Å². The first-order valence-corrected chi connectivity index (χ1v) is 8.98. The number of halogens is 1. The predicted octanol–water partition coefficient (Wildman–Crippen LogP) is 2.85. The molecule has 5 heteroatoms. The molecule has 2 aromatic rings. The standard InChI is InChI=1S/C21H28FN3O/c1-17(19-8-10-20(22)11-9-19)24(2)21(26)16-25(15-13-23)14-12-18-6-4-3-5-7-18/h3-11,17H,12-16,23H2,1-2H3. The van der Waals surface area contributed by atoms with Gasteiger partial charge < -0.3 is 10.6 Å². The van der Waals surface area contributed by atoms with Crippen LogP contribution in [0.5, 0.6) is 0 Å². The predicted molar refractivity (Wildman–Crippen MR) is 103 cm³/mol. The van der Waals surface area contributed by atoms with Crippen LogP contribution in [0.15, 0.2) is 54.6 Å². The van der Waals surface area contributed by atoms with Crippen molar-refractivity contribution in [3.63, 3.8) is 0 Å². The lowest BCUT2D eigenvalue weighted by molar-refractivity contribution is -0.133. The van der Waals surface area contributed by atoms with Gasteiger partial charge in [0.25, 0.3) is 0 Å². The van der Waals surface area contributed by atoms with Gasteiger partial charge in [-0.05, 0) is 36.6 Å². The van der Waals surface area contributed by atoms with Gasteiger partial charge in [-0.15, -0.1) is 0 Å². The number of nitrogens with zero attached hydrogens (tertiary/aromatic N) is 2. The highest BCUT2D eigenvalue weighted by Crippen LogP contribution is 2.19. The Kier molecular flexibility index (Phi) is 7.75. The molecule has 1 amide bonds. The third-order valence-corrected chi connectivity index (χ3v) is 4.69. The maximum atomic E-state index is 13.1. The van der Waals surface area contributed by atoms with Gasteiger partial charge in [-0.25, -0.2) is 4.39 Å². The first kappa shape index (κ1) is 20.1. The van der Waals surface area contributed by atoms with Crippen molar-refractivity contribution in [2.24, 2.45) is 5.73 Å². The Morgan fingerprint density at radius 2 is 1.73 bits per heavy atom. The number of carbonyl (C=O) groups is 1. The molecule has 0 saturated carbocycles. The SMILES string of the molecule is CC(c1ccc(F)cc1)N(C)C(=O)CN(CCN)CCc1ccccc1. The number of amides is 1. The average Bonchev–Trinajstić information content (AvgIpc) is 2.66. The molecular weight excluding hydrogens is 329 g/mol. The van der Waals surface area contributed by atoms with Crippen LogP contribution < -0.4 is 5.73 Å². The summed E-state index contributed by atoms with van der Waals surface area (Å²) in [5.74, 6) is -0.242. The Morgan fingerprint density at radius 1 is 1.08 bits per heavy atom. The van der Waals surface area contributed by atoms with E-state index in [1.54, 1.807) is 24.1 Å². The van der Waals surface area contributed by atoms with Crippen LogP contribution in [0, 0.1) is 5.82 Å². The van der Waals surface area contributed by atoms with Crippen LogP contribution in [0.4, 0.5) is 4.39 Å². The zero-order valence-electron chi connectivity index (χ0n) is 15.6. The van der Waals surface area contributed by atoms with Gasteiger partial charge in [-0.1, -0.05) is 42.5 Å². The van der Waals surface area contributed by atoms with Crippen molar-refractivity contribution in [2.45, 2.75) is 19.4 Å². The Balaban J connectivity index is 1.93. The quantitative estimate of drug-likeness (QED) is 0.751. The highest BCUT2D eigenvalue weighted by Gasteiger charge is 2.19. The minimum absolute atomic E-state index is 0.0309. The molecule has 1 atom stereocenters. The van der Waals surface area contributed by atoms with E-state index in [4.69, 9.17) is 5.73 Å². The topological polar surface area (TPSA) is 49.6 Å². The maximum Gasteiger partial charge on any atom is 0.236 e. The molecule has 0 heterocycles. The van der Waals surface area contributed by atoms with Crippen molar-refractivity contribution in [2.75, 3.05) is 33.2 Å². The van der Waals surface area contributed by atoms with Gasteiger partial charge in [-0.2, -0.15) is 0 Å². The van der Waals surface area contributed by atoms with E-state index in [1.807, 2.05) is 25.1 Å². The summed E-state index contributed by atoms with van der Waals surface area (Å²) >= 11 is 0. The van der Waals surface area contributed by atoms with E-state index in [0.29, 0.717) is 19.6 Å². The summed E-state index contributed by atoms with van der Waals surface area (Å²) in [6.07, 6.45) is 0.880. The summed E-state index contributed by atoms with van der Waals surface area (Å²) in [6, 6.07) is 16.4. The highest BCUT2D eigenvalue weighted by molar-refractivity contribution is 5.78. The highest BCUT2D eigenvalue weighted by atomic mass is 19.1. The maximum absolute atomic E-state index is 13.1. The van der Waals surface area contributed by atoms with Crippen LogP contribution in [0.25, 0.3) is 0 Å². The number of hydrogen-bond donors (Lipinski definition) is 1. The van der Waals surface area contributed by atoms with Gasteiger partial charge in [-0.3, -0.25) is 9.69 Å². The van der Waals surface area contributed by atoms with Gasteiger partial charge in [0.2, 0.25) is 5.91 Å².